The molecule has 6 fully saturated rings. The summed E-state index contributed by atoms with van der Waals surface area (Å²) >= 11 is 0. The Hall–Kier alpha value is -6.90. The average Bonchev–Trinajstić information content (AvgIpc) is 3.49. The van der Waals surface area contributed by atoms with Gasteiger partial charge in [0.05, 0.1) is 24.3 Å². The number of carbonyl (C=O) groups is 4. The Bertz CT molecular complexity index is 2970. The first kappa shape index (κ1) is 46.9. The summed E-state index contributed by atoms with van der Waals surface area (Å²) in [6, 6.07) is 26.9. The van der Waals surface area contributed by atoms with Gasteiger partial charge in [0.2, 0.25) is 0 Å². The summed E-state index contributed by atoms with van der Waals surface area (Å²) in [7, 11) is 0. The molecule has 2 saturated carbocycles. The lowest BCUT2D eigenvalue weighted by Gasteiger charge is -2.65. The molecule has 12 aliphatic rings. The fraction of sp³-hybridized carbons (Fsp3) is 0.567. The molecule has 0 N–H and O–H groups in total. The number of anilines is 2. The van der Waals surface area contributed by atoms with Crippen molar-refractivity contribution in [3.05, 3.63) is 82.0 Å². The van der Waals surface area contributed by atoms with Crippen LogP contribution in [0.2, 0.25) is 0 Å². The highest BCUT2D eigenvalue weighted by Crippen LogP contribution is 2.70. The SMILES string of the molecule is Cc1ccc(N2[C@@H]3CCC[C@H]2N2C(=O)[C@@]4(C#N)[C@@H]5CCC[C@H]4C4=C(C[C@@H](C)CC4=O)[C@]5(C#N)C2=N3)cc1.Cc1ccc(N2[C@@H]3CCC[C@H]2N=C2N3C(=O)[C@@]3(C#N)[C@@H]4CCC[C@H]3[C@@]2(C#N)C2=C4C(=O)C[C@@H](C)C2)cc1. The number of hydrogen-bond donors (Lipinski definition) is 0. The number of fused-ring (bicyclic) bond motifs is 14. The number of aliphatic imine (C=N–C) groups is 2. The third kappa shape index (κ3) is 5.68. The van der Waals surface area contributed by atoms with Gasteiger partial charge in [-0.1, -0.05) is 62.1 Å². The molecule has 6 heterocycles. The monoisotopic (exact) mass is 986 g/mol. The number of rotatable bonds is 2. The largest absolute Gasteiger partial charge is 0.328 e. The van der Waals surface area contributed by atoms with Crippen LogP contribution in [0.1, 0.15) is 128 Å². The Morgan fingerprint density at radius 2 is 0.878 bits per heavy atom. The van der Waals surface area contributed by atoms with Crippen molar-refractivity contribution in [2.24, 2.45) is 67.2 Å². The number of hydrogen-bond acceptors (Lipinski definition) is 12. The molecule has 14 rings (SSSR count). The van der Waals surface area contributed by atoms with Gasteiger partial charge in [0, 0.05) is 59.0 Å². The minimum Gasteiger partial charge on any atom is -0.328 e. The van der Waals surface area contributed by atoms with Crippen LogP contribution in [0.3, 0.4) is 0 Å². The second-order valence-corrected chi connectivity index (χ2v) is 24.1. The van der Waals surface area contributed by atoms with Gasteiger partial charge in [0.1, 0.15) is 58.0 Å². The van der Waals surface area contributed by atoms with E-state index >= 15 is 0 Å². The van der Waals surface area contributed by atoms with E-state index in [4.69, 9.17) is 9.98 Å². The minimum atomic E-state index is -1.40. The Labute approximate surface area is 433 Å². The van der Waals surface area contributed by atoms with Gasteiger partial charge in [-0.2, -0.15) is 21.0 Å². The molecular weight excluding hydrogens is 925 g/mol. The van der Waals surface area contributed by atoms with E-state index in [-0.39, 0.29) is 59.9 Å². The lowest BCUT2D eigenvalue weighted by atomic mass is 9.41. The van der Waals surface area contributed by atoms with Gasteiger partial charge in [0.25, 0.3) is 11.8 Å². The first-order valence-corrected chi connectivity index (χ1v) is 27.5. The van der Waals surface area contributed by atoms with Gasteiger partial charge in [-0.15, -0.1) is 0 Å². The van der Waals surface area contributed by atoms with E-state index < -0.39 is 45.3 Å². The summed E-state index contributed by atoms with van der Waals surface area (Å²) in [6.45, 7) is 8.24. The number of nitriles is 4. The number of amides is 2. The fourth-order valence-electron chi connectivity index (χ4n) is 17.4. The number of benzene rings is 2. The van der Waals surface area contributed by atoms with Crippen molar-refractivity contribution in [3.8, 4) is 24.3 Å². The number of amidine groups is 2. The van der Waals surface area contributed by atoms with Crippen LogP contribution in [-0.2, 0) is 19.2 Å². The van der Waals surface area contributed by atoms with Gasteiger partial charge >= 0.3 is 0 Å². The number of Topliss-reactive ketones (excluding diaryl/α,β-unsaturated/α-hetero) is 2. The zero-order chi connectivity index (χ0) is 51.4. The van der Waals surface area contributed by atoms with Gasteiger partial charge in [0.15, 0.2) is 11.6 Å². The smallest absolute Gasteiger partial charge is 0.251 e. The molecule has 6 aliphatic heterocycles. The van der Waals surface area contributed by atoms with Crippen LogP contribution in [0.5, 0.6) is 0 Å². The Morgan fingerprint density at radius 3 is 1.24 bits per heavy atom. The van der Waals surface area contributed by atoms with Crippen molar-refractivity contribution < 1.29 is 19.2 Å². The molecule has 2 amide bonds. The summed E-state index contributed by atoms with van der Waals surface area (Å²) in [6.07, 6.45) is 10.4. The predicted molar refractivity (Wildman–Crippen MR) is 273 cm³/mol. The molecule has 0 radical (unpaired) electrons. The highest BCUT2D eigenvalue weighted by Gasteiger charge is 2.77. The van der Waals surface area contributed by atoms with Crippen LogP contribution < -0.4 is 9.80 Å². The van der Waals surface area contributed by atoms with E-state index in [0.717, 1.165) is 85.0 Å². The Balaban J connectivity index is 0.000000143. The van der Waals surface area contributed by atoms with Crippen LogP contribution in [0.4, 0.5) is 11.4 Å². The molecule has 14 nitrogen and oxygen atoms in total. The average molecular weight is 987 g/mol. The number of allylic oxidation sites excluding steroid dienone is 2. The maximum Gasteiger partial charge on any atom is 0.251 e. The van der Waals surface area contributed by atoms with Crippen molar-refractivity contribution in [3.63, 3.8) is 0 Å². The second kappa shape index (κ2) is 16.3. The topological polar surface area (TPSA) is 201 Å². The summed E-state index contributed by atoms with van der Waals surface area (Å²) < 4.78 is 0. The van der Waals surface area contributed by atoms with Crippen LogP contribution in [0, 0.1) is 116 Å². The Kier molecular flexibility index (Phi) is 10.3. The Morgan fingerprint density at radius 1 is 0.500 bits per heavy atom. The molecular formula is C60H62N10O4. The van der Waals surface area contributed by atoms with Crippen molar-refractivity contribution in [2.45, 2.75) is 155 Å². The summed E-state index contributed by atoms with van der Waals surface area (Å²) in [5.41, 5.74) is 2.13. The number of carbonyl (C=O) groups excluding carboxylic acids is 4. The van der Waals surface area contributed by atoms with Crippen molar-refractivity contribution in [1.82, 2.24) is 9.80 Å². The summed E-state index contributed by atoms with van der Waals surface area (Å²) in [5, 5.41) is 43.9. The molecule has 74 heavy (non-hydrogen) atoms. The van der Waals surface area contributed by atoms with Crippen molar-refractivity contribution >= 4 is 46.4 Å². The molecule has 6 aliphatic carbocycles. The standard InChI is InChI=1S/2C30H31N5O2/c2*1-17-9-11-19(12-10-17)34-24-7-4-8-25(34)35-27(33-24)29(15-31)21-13-18(2)14-22(36)26(21)20-5-3-6-23(29)30(20,16-32)28(35)37/h2*9-12,18,20,23-25H,3-8,13-14H2,1-2H3/t2*18-,20+,23-,24-,25-,29+,30-/m10/s1. The van der Waals surface area contributed by atoms with Gasteiger partial charge in [-0.05, 0) is 138 Å². The molecule has 2 aromatic carbocycles. The van der Waals surface area contributed by atoms with E-state index in [2.05, 4.69) is 110 Å². The summed E-state index contributed by atoms with van der Waals surface area (Å²) in [5.74, 6) is -0.922. The van der Waals surface area contributed by atoms with E-state index in [1.807, 2.05) is 0 Å². The van der Waals surface area contributed by atoms with E-state index in [1.54, 1.807) is 9.80 Å². The highest BCUT2D eigenvalue weighted by atomic mass is 16.2. The summed E-state index contributed by atoms with van der Waals surface area (Å²) in [4.78, 5) is 75.0. The number of nitrogens with zero attached hydrogens (tertiary/aromatic N) is 10. The quantitative estimate of drug-likeness (QED) is 0.279. The minimum absolute atomic E-state index is 0.0254. The lowest BCUT2D eigenvalue weighted by Crippen LogP contribution is -2.76. The second-order valence-electron chi connectivity index (χ2n) is 24.1. The van der Waals surface area contributed by atoms with Crippen LogP contribution >= 0.6 is 0 Å². The number of aryl methyl sites for hydroxylation is 2. The maximum absolute atomic E-state index is 14.7. The number of piperidine rings is 4. The zero-order valence-corrected chi connectivity index (χ0v) is 42.8. The third-order valence-electron chi connectivity index (χ3n) is 20.3. The van der Waals surface area contributed by atoms with Crippen LogP contribution in [0.15, 0.2) is 80.8 Å². The normalized spacial score (nSPS) is 39.8. The lowest BCUT2D eigenvalue weighted by molar-refractivity contribution is -0.155. The first-order valence-electron chi connectivity index (χ1n) is 27.5. The molecule has 4 saturated heterocycles. The first-order chi connectivity index (χ1) is 35.8. The zero-order valence-electron chi connectivity index (χ0n) is 42.8. The van der Waals surface area contributed by atoms with Gasteiger partial charge in [-0.3, -0.25) is 29.0 Å². The van der Waals surface area contributed by atoms with Gasteiger partial charge < -0.3 is 9.80 Å². The molecule has 14 atom stereocenters. The third-order valence-corrected chi connectivity index (χ3v) is 20.3. The molecule has 0 aromatic heterocycles. The van der Waals surface area contributed by atoms with Gasteiger partial charge in [-0.25, -0.2) is 9.98 Å². The molecule has 12 bridgehead atoms. The van der Waals surface area contributed by atoms with E-state index in [0.29, 0.717) is 74.2 Å². The molecule has 2 aromatic rings. The van der Waals surface area contributed by atoms with Crippen molar-refractivity contribution in [1.29, 1.82) is 21.0 Å². The molecule has 0 unspecified atom stereocenters. The molecule has 0 spiro atoms. The highest BCUT2D eigenvalue weighted by molar-refractivity contribution is 6.16. The molecule has 376 valence electrons. The fourth-order valence-corrected chi connectivity index (χ4v) is 17.4. The number of ketones is 2. The molecule has 14 heteroatoms. The maximum atomic E-state index is 14.7. The van der Waals surface area contributed by atoms with Crippen molar-refractivity contribution in [2.75, 3.05) is 9.80 Å². The van der Waals surface area contributed by atoms with Crippen LogP contribution in [-0.4, -0.2) is 69.5 Å². The predicted octanol–water partition coefficient (Wildman–Crippen LogP) is 9.27. The van der Waals surface area contributed by atoms with E-state index in [1.165, 1.54) is 0 Å². The van der Waals surface area contributed by atoms with Crippen LogP contribution in [0.25, 0.3) is 0 Å². The van der Waals surface area contributed by atoms with E-state index in [9.17, 15) is 40.2 Å².